The van der Waals surface area contributed by atoms with E-state index in [1.54, 1.807) is 0 Å². The van der Waals surface area contributed by atoms with Gasteiger partial charge in [0, 0.05) is 19.6 Å². The zero-order valence-corrected chi connectivity index (χ0v) is 11.9. The van der Waals surface area contributed by atoms with Gasteiger partial charge in [0.1, 0.15) is 0 Å². The van der Waals surface area contributed by atoms with Crippen molar-refractivity contribution in [3.05, 3.63) is 59.7 Å². The lowest BCUT2D eigenvalue weighted by Crippen LogP contribution is -2.26. The van der Waals surface area contributed by atoms with Gasteiger partial charge < -0.3 is 14.6 Å². The topological polar surface area (TPSA) is 41.9 Å². The highest BCUT2D eigenvalue weighted by Gasteiger charge is 2.14. The zero-order valence-electron chi connectivity index (χ0n) is 11.9. The molecule has 0 atom stereocenters. The Morgan fingerprint density at radius 3 is 2.48 bits per heavy atom. The predicted molar refractivity (Wildman–Crippen MR) is 80.2 cm³/mol. The van der Waals surface area contributed by atoms with Gasteiger partial charge in [0.25, 0.3) is 0 Å². The molecular formula is C17H19NO3. The lowest BCUT2D eigenvalue weighted by atomic mass is 10.1. The van der Waals surface area contributed by atoms with Crippen LogP contribution in [-0.2, 0) is 13.1 Å². The van der Waals surface area contributed by atoms with Crippen LogP contribution in [0.3, 0.4) is 0 Å². The summed E-state index contributed by atoms with van der Waals surface area (Å²) in [5.41, 5.74) is 2.40. The fourth-order valence-electron chi connectivity index (χ4n) is 2.49. The summed E-state index contributed by atoms with van der Waals surface area (Å²) in [5, 5.41) is 9.26. The maximum atomic E-state index is 9.26. The van der Waals surface area contributed by atoms with Gasteiger partial charge in [-0.05, 0) is 23.3 Å². The fraction of sp³-hybridized carbons (Fsp3) is 0.294. The van der Waals surface area contributed by atoms with Gasteiger partial charge in [0.05, 0.1) is 6.61 Å². The molecule has 0 aliphatic carbocycles. The number of hydrogen-bond donors (Lipinski definition) is 1. The van der Waals surface area contributed by atoms with E-state index < -0.39 is 0 Å². The summed E-state index contributed by atoms with van der Waals surface area (Å²) < 4.78 is 10.7. The van der Waals surface area contributed by atoms with E-state index >= 15 is 0 Å². The molecule has 21 heavy (non-hydrogen) atoms. The third-order valence-electron chi connectivity index (χ3n) is 3.51. The Bertz CT molecular complexity index is 586. The van der Waals surface area contributed by atoms with Gasteiger partial charge in [-0.2, -0.15) is 0 Å². The number of fused-ring (bicyclic) bond motifs is 1. The van der Waals surface area contributed by atoms with Crippen LogP contribution < -0.4 is 9.47 Å². The fourth-order valence-corrected chi connectivity index (χ4v) is 2.49. The number of rotatable bonds is 6. The van der Waals surface area contributed by atoms with Crippen molar-refractivity contribution in [2.45, 2.75) is 13.1 Å². The van der Waals surface area contributed by atoms with Crippen LogP contribution in [0.15, 0.2) is 48.5 Å². The van der Waals surface area contributed by atoms with Crippen LogP contribution in [0.25, 0.3) is 0 Å². The summed E-state index contributed by atoms with van der Waals surface area (Å²) in [5.74, 6) is 1.60. The Hall–Kier alpha value is -2.04. The second kappa shape index (κ2) is 6.61. The third kappa shape index (κ3) is 3.54. The molecule has 1 aliphatic rings. The molecule has 1 aliphatic heterocycles. The largest absolute Gasteiger partial charge is 0.454 e. The minimum atomic E-state index is 0.150. The predicted octanol–water partition coefficient (Wildman–Crippen LogP) is 2.41. The van der Waals surface area contributed by atoms with E-state index in [1.807, 2.05) is 36.4 Å². The van der Waals surface area contributed by atoms with Crippen LogP contribution in [0.1, 0.15) is 11.1 Å². The van der Waals surface area contributed by atoms with Crippen molar-refractivity contribution in [3.63, 3.8) is 0 Å². The molecule has 0 saturated heterocycles. The molecule has 4 nitrogen and oxygen atoms in total. The summed E-state index contributed by atoms with van der Waals surface area (Å²) in [4.78, 5) is 2.22. The quantitative estimate of drug-likeness (QED) is 0.885. The summed E-state index contributed by atoms with van der Waals surface area (Å²) in [6.07, 6.45) is 0. The van der Waals surface area contributed by atoms with Gasteiger partial charge in [-0.1, -0.05) is 36.4 Å². The molecule has 0 unspecified atom stereocenters. The zero-order chi connectivity index (χ0) is 14.5. The third-order valence-corrected chi connectivity index (χ3v) is 3.51. The first-order valence-electron chi connectivity index (χ1n) is 7.11. The Morgan fingerprint density at radius 1 is 0.905 bits per heavy atom. The molecule has 1 heterocycles. The minimum absolute atomic E-state index is 0.150. The number of hydrogen-bond acceptors (Lipinski definition) is 4. The first-order chi connectivity index (χ1) is 10.3. The molecule has 0 amide bonds. The highest BCUT2D eigenvalue weighted by Crippen LogP contribution is 2.32. The smallest absolute Gasteiger partial charge is 0.231 e. The monoisotopic (exact) mass is 285 g/mol. The molecule has 0 bridgehead atoms. The first kappa shape index (κ1) is 13.9. The number of aliphatic hydroxyl groups is 1. The summed E-state index contributed by atoms with van der Waals surface area (Å²) in [6.45, 7) is 2.67. The van der Waals surface area contributed by atoms with E-state index in [9.17, 15) is 5.11 Å². The van der Waals surface area contributed by atoms with E-state index in [2.05, 4.69) is 17.0 Å². The molecule has 4 heteroatoms. The van der Waals surface area contributed by atoms with E-state index in [1.165, 1.54) is 5.56 Å². The molecule has 2 aromatic rings. The van der Waals surface area contributed by atoms with Crippen LogP contribution in [0.5, 0.6) is 11.5 Å². The van der Waals surface area contributed by atoms with Crippen molar-refractivity contribution in [1.82, 2.24) is 4.90 Å². The van der Waals surface area contributed by atoms with Crippen LogP contribution in [-0.4, -0.2) is 30.0 Å². The Kier molecular flexibility index (Phi) is 4.38. The van der Waals surface area contributed by atoms with Gasteiger partial charge >= 0.3 is 0 Å². The first-order valence-corrected chi connectivity index (χ1v) is 7.11. The average molecular weight is 285 g/mol. The molecule has 0 radical (unpaired) electrons. The lowest BCUT2D eigenvalue weighted by Gasteiger charge is -2.21. The van der Waals surface area contributed by atoms with Gasteiger partial charge in [0.15, 0.2) is 11.5 Å². The van der Waals surface area contributed by atoms with E-state index in [0.717, 1.165) is 30.2 Å². The molecule has 1 N–H and O–H groups in total. The van der Waals surface area contributed by atoms with Gasteiger partial charge in [-0.3, -0.25) is 4.90 Å². The SMILES string of the molecule is OCCN(Cc1ccccc1)Cc1ccc2c(c1)OCO2. The molecule has 3 rings (SSSR count). The van der Waals surface area contributed by atoms with Gasteiger partial charge in [-0.15, -0.1) is 0 Å². The number of ether oxygens (including phenoxy) is 2. The van der Waals surface area contributed by atoms with E-state index in [4.69, 9.17) is 9.47 Å². The van der Waals surface area contributed by atoms with E-state index in [-0.39, 0.29) is 6.61 Å². The van der Waals surface area contributed by atoms with Crippen LogP contribution >= 0.6 is 0 Å². The number of aliphatic hydroxyl groups excluding tert-OH is 1. The lowest BCUT2D eigenvalue weighted by molar-refractivity contribution is 0.173. The second-order valence-electron chi connectivity index (χ2n) is 5.11. The van der Waals surface area contributed by atoms with Crippen LogP contribution in [0.4, 0.5) is 0 Å². The Balaban J connectivity index is 1.70. The summed E-state index contributed by atoms with van der Waals surface area (Å²) in [7, 11) is 0. The van der Waals surface area contributed by atoms with Crippen molar-refractivity contribution in [3.8, 4) is 11.5 Å². The average Bonchev–Trinajstić information content (AvgIpc) is 2.96. The normalized spacial score (nSPS) is 12.9. The molecule has 0 fully saturated rings. The highest BCUT2D eigenvalue weighted by atomic mass is 16.7. The maximum Gasteiger partial charge on any atom is 0.231 e. The summed E-state index contributed by atoms with van der Waals surface area (Å²) >= 11 is 0. The Labute approximate surface area is 124 Å². The van der Waals surface area contributed by atoms with Crippen LogP contribution in [0, 0.1) is 0 Å². The van der Waals surface area contributed by atoms with Crippen molar-refractivity contribution in [1.29, 1.82) is 0 Å². The van der Waals surface area contributed by atoms with E-state index in [0.29, 0.717) is 13.3 Å². The van der Waals surface area contributed by atoms with Crippen molar-refractivity contribution < 1.29 is 14.6 Å². The maximum absolute atomic E-state index is 9.26. The standard InChI is InChI=1S/C17H19NO3/c19-9-8-18(11-14-4-2-1-3-5-14)12-15-6-7-16-17(10-15)21-13-20-16/h1-7,10,19H,8-9,11-13H2. The second-order valence-corrected chi connectivity index (χ2v) is 5.11. The van der Waals surface area contributed by atoms with Gasteiger partial charge in [-0.25, -0.2) is 0 Å². The molecule has 0 saturated carbocycles. The van der Waals surface area contributed by atoms with Crippen molar-refractivity contribution >= 4 is 0 Å². The number of nitrogens with zero attached hydrogens (tertiary/aromatic N) is 1. The van der Waals surface area contributed by atoms with Crippen molar-refractivity contribution in [2.75, 3.05) is 19.9 Å². The molecular weight excluding hydrogens is 266 g/mol. The highest BCUT2D eigenvalue weighted by molar-refractivity contribution is 5.44. The Morgan fingerprint density at radius 2 is 1.67 bits per heavy atom. The van der Waals surface area contributed by atoms with Crippen molar-refractivity contribution in [2.24, 2.45) is 0 Å². The molecule has 0 aromatic heterocycles. The molecule has 110 valence electrons. The van der Waals surface area contributed by atoms with Crippen LogP contribution in [0.2, 0.25) is 0 Å². The molecule has 0 spiro atoms. The number of benzene rings is 2. The summed E-state index contributed by atoms with van der Waals surface area (Å²) in [6, 6.07) is 16.3. The molecule has 2 aromatic carbocycles. The minimum Gasteiger partial charge on any atom is -0.454 e. The van der Waals surface area contributed by atoms with Gasteiger partial charge in [0.2, 0.25) is 6.79 Å².